The topological polar surface area (TPSA) is 82.9 Å². The maximum absolute atomic E-state index is 13.4. The van der Waals surface area contributed by atoms with Crippen LogP contribution in [0.1, 0.15) is 40.4 Å². The number of aromatic nitrogens is 2. The summed E-state index contributed by atoms with van der Waals surface area (Å²) in [7, 11) is 0. The largest absolute Gasteiger partial charge is 0.491 e. The van der Waals surface area contributed by atoms with Crippen LogP contribution in [0.2, 0.25) is 0 Å². The first-order valence-corrected chi connectivity index (χ1v) is 10.5. The van der Waals surface area contributed by atoms with Gasteiger partial charge in [0, 0.05) is 37.2 Å². The first kappa shape index (κ1) is 19.5. The zero-order chi connectivity index (χ0) is 21.2. The molecule has 0 saturated carbocycles. The highest BCUT2D eigenvalue weighted by atomic mass is 19.1. The van der Waals surface area contributed by atoms with Crippen LogP contribution >= 0.6 is 0 Å². The van der Waals surface area contributed by atoms with Crippen molar-refractivity contribution in [1.82, 2.24) is 15.3 Å². The minimum absolute atomic E-state index is 0.126. The molecule has 0 saturated heterocycles. The Morgan fingerprint density at radius 2 is 1.94 bits per heavy atom. The lowest BCUT2D eigenvalue weighted by Gasteiger charge is -2.15. The highest BCUT2D eigenvalue weighted by molar-refractivity contribution is 5.61. The van der Waals surface area contributed by atoms with E-state index in [9.17, 15) is 9.65 Å². The number of rotatable bonds is 1. The van der Waals surface area contributed by atoms with Crippen LogP contribution in [-0.2, 0) is 12.8 Å². The van der Waals surface area contributed by atoms with Gasteiger partial charge in [-0.25, -0.2) is 14.4 Å². The van der Waals surface area contributed by atoms with E-state index in [4.69, 9.17) is 14.7 Å². The third kappa shape index (κ3) is 3.94. The molecule has 0 radical (unpaired) electrons. The minimum Gasteiger partial charge on any atom is -0.491 e. The number of anilines is 2. The second kappa shape index (κ2) is 8.32. The van der Waals surface area contributed by atoms with E-state index >= 15 is 0 Å². The number of nitriles is 1. The van der Waals surface area contributed by atoms with Crippen LogP contribution in [0.15, 0.2) is 42.5 Å². The minimum atomic E-state index is -0.233. The van der Waals surface area contributed by atoms with Gasteiger partial charge in [0.05, 0.1) is 17.0 Å². The fraction of sp³-hybridized carbons (Fsp3) is 0.292. The number of nitrogens with zero attached hydrogens (tertiary/aromatic N) is 3. The van der Waals surface area contributed by atoms with Crippen LogP contribution in [0, 0.1) is 17.1 Å². The summed E-state index contributed by atoms with van der Waals surface area (Å²) in [5.41, 5.74) is 5.59. The van der Waals surface area contributed by atoms with Crippen LogP contribution < -0.4 is 15.4 Å². The summed E-state index contributed by atoms with van der Waals surface area (Å²) in [5.74, 6) is 0.960. The molecule has 2 aliphatic rings. The van der Waals surface area contributed by atoms with Crippen molar-refractivity contribution in [2.75, 3.05) is 25.0 Å². The molecule has 1 aliphatic heterocycles. The summed E-state index contributed by atoms with van der Waals surface area (Å²) in [6.07, 6.45) is 2.64. The maximum Gasteiger partial charge on any atom is 0.227 e. The number of hydrogen-bond donors (Lipinski definition) is 2. The molecule has 7 heteroatoms. The van der Waals surface area contributed by atoms with E-state index in [1.54, 1.807) is 6.07 Å². The Bertz CT molecular complexity index is 1160. The molecule has 1 unspecified atom stereocenters. The van der Waals surface area contributed by atoms with E-state index < -0.39 is 0 Å². The van der Waals surface area contributed by atoms with Gasteiger partial charge >= 0.3 is 0 Å². The van der Waals surface area contributed by atoms with Crippen molar-refractivity contribution in [2.24, 2.45) is 0 Å². The SMILES string of the molecule is N#Cc1ccc2cc1OCCNCCc1nc(nc3c1CCC3c1ccc(F)cc1)N2. The molecular formula is C24H22FN5O. The lowest BCUT2D eigenvalue weighted by Crippen LogP contribution is -2.24. The first-order valence-electron chi connectivity index (χ1n) is 10.5. The van der Waals surface area contributed by atoms with E-state index in [1.165, 1.54) is 17.7 Å². The van der Waals surface area contributed by atoms with Crippen molar-refractivity contribution in [3.8, 4) is 11.8 Å². The van der Waals surface area contributed by atoms with Gasteiger partial charge in [0.25, 0.3) is 0 Å². The van der Waals surface area contributed by atoms with Gasteiger partial charge in [-0.1, -0.05) is 12.1 Å². The van der Waals surface area contributed by atoms with E-state index in [1.807, 2.05) is 24.3 Å². The Hall–Kier alpha value is -3.50. The smallest absolute Gasteiger partial charge is 0.227 e. The molecule has 0 fully saturated rings. The summed E-state index contributed by atoms with van der Waals surface area (Å²) in [6.45, 7) is 1.93. The number of nitrogens with one attached hydrogen (secondary N) is 2. The van der Waals surface area contributed by atoms with Gasteiger partial charge in [-0.05, 0) is 48.2 Å². The Morgan fingerprint density at radius 3 is 2.77 bits per heavy atom. The number of ether oxygens (including phenoxy) is 1. The second-order valence-corrected chi connectivity index (χ2v) is 7.80. The fourth-order valence-electron chi connectivity index (χ4n) is 4.32. The molecule has 1 aromatic heterocycles. The van der Waals surface area contributed by atoms with Crippen LogP contribution in [0.3, 0.4) is 0 Å². The van der Waals surface area contributed by atoms with Gasteiger partial charge in [-0.15, -0.1) is 0 Å². The van der Waals surface area contributed by atoms with Crippen molar-refractivity contribution >= 4 is 11.6 Å². The molecule has 5 rings (SSSR count). The molecule has 1 atom stereocenters. The molecule has 2 heterocycles. The molecule has 0 spiro atoms. The van der Waals surface area contributed by atoms with Crippen molar-refractivity contribution < 1.29 is 9.13 Å². The van der Waals surface area contributed by atoms with E-state index in [0.29, 0.717) is 30.4 Å². The fourth-order valence-corrected chi connectivity index (χ4v) is 4.32. The van der Waals surface area contributed by atoms with Gasteiger partial charge in [0.15, 0.2) is 0 Å². The summed E-state index contributed by atoms with van der Waals surface area (Å²) in [5, 5.41) is 16.0. The molecule has 2 N–H and O–H groups in total. The second-order valence-electron chi connectivity index (χ2n) is 7.80. The number of benzene rings is 2. The van der Waals surface area contributed by atoms with Gasteiger partial charge in [0.2, 0.25) is 5.95 Å². The molecule has 4 bridgehead atoms. The average Bonchev–Trinajstić information content (AvgIpc) is 3.20. The van der Waals surface area contributed by atoms with Gasteiger partial charge in [-0.3, -0.25) is 0 Å². The molecule has 6 nitrogen and oxygen atoms in total. The Balaban J connectivity index is 1.56. The predicted octanol–water partition coefficient (Wildman–Crippen LogP) is 3.83. The molecule has 31 heavy (non-hydrogen) atoms. The van der Waals surface area contributed by atoms with Gasteiger partial charge in [0.1, 0.15) is 24.2 Å². The van der Waals surface area contributed by atoms with E-state index in [0.717, 1.165) is 48.4 Å². The number of hydrogen-bond acceptors (Lipinski definition) is 6. The molecule has 3 aromatic rings. The third-order valence-electron chi connectivity index (χ3n) is 5.84. The van der Waals surface area contributed by atoms with Gasteiger partial charge in [-0.2, -0.15) is 5.26 Å². The zero-order valence-corrected chi connectivity index (χ0v) is 17.0. The zero-order valence-electron chi connectivity index (χ0n) is 17.0. The summed E-state index contributed by atoms with van der Waals surface area (Å²) < 4.78 is 19.2. The predicted molar refractivity (Wildman–Crippen MR) is 115 cm³/mol. The molecule has 2 aromatic carbocycles. The summed E-state index contributed by atoms with van der Waals surface area (Å²) in [4.78, 5) is 9.69. The van der Waals surface area contributed by atoms with Crippen LogP contribution in [0.5, 0.6) is 5.75 Å². The molecule has 0 amide bonds. The normalized spacial score (nSPS) is 17.7. The monoisotopic (exact) mass is 415 g/mol. The van der Waals surface area contributed by atoms with Crippen molar-refractivity contribution in [1.29, 1.82) is 5.26 Å². The van der Waals surface area contributed by atoms with Crippen LogP contribution in [0.4, 0.5) is 16.0 Å². The number of halogens is 1. The summed E-state index contributed by atoms with van der Waals surface area (Å²) in [6, 6.07) is 14.2. The van der Waals surface area contributed by atoms with Crippen molar-refractivity contribution in [3.05, 3.63) is 76.4 Å². The molecule has 1 aliphatic carbocycles. The molecule has 156 valence electrons. The lowest BCUT2D eigenvalue weighted by molar-refractivity contribution is 0.314. The van der Waals surface area contributed by atoms with Crippen LogP contribution in [-0.4, -0.2) is 29.7 Å². The standard InChI is InChI=1S/C24H22FN5O/c25-17-4-1-15(2-5-17)19-7-8-20-21-9-10-27-11-12-31-22-13-18(6-3-16(22)14-26)28-24(29-21)30-23(19)20/h1-6,13,19,27H,7-12H2,(H,28,29,30). The summed E-state index contributed by atoms with van der Waals surface area (Å²) >= 11 is 0. The highest BCUT2D eigenvalue weighted by Crippen LogP contribution is 2.39. The van der Waals surface area contributed by atoms with Gasteiger partial charge < -0.3 is 15.4 Å². The molecular weight excluding hydrogens is 393 g/mol. The maximum atomic E-state index is 13.4. The van der Waals surface area contributed by atoms with Crippen molar-refractivity contribution in [3.63, 3.8) is 0 Å². The average molecular weight is 415 g/mol. The Kier molecular flexibility index (Phi) is 5.23. The van der Waals surface area contributed by atoms with Crippen molar-refractivity contribution in [2.45, 2.75) is 25.2 Å². The van der Waals surface area contributed by atoms with E-state index in [2.05, 4.69) is 16.7 Å². The van der Waals surface area contributed by atoms with E-state index in [-0.39, 0.29) is 11.7 Å². The highest BCUT2D eigenvalue weighted by Gasteiger charge is 2.29. The first-order chi connectivity index (χ1) is 15.2. The van der Waals surface area contributed by atoms with Crippen LogP contribution in [0.25, 0.3) is 0 Å². The quantitative estimate of drug-likeness (QED) is 0.629. The third-order valence-corrected chi connectivity index (χ3v) is 5.84. The lowest BCUT2D eigenvalue weighted by atomic mass is 9.96. The Morgan fingerprint density at radius 1 is 1.06 bits per heavy atom. The Labute approximate surface area is 180 Å². The number of fused-ring (bicyclic) bond motifs is 6.